The number of nitrogens with one attached hydrogen (secondary N) is 2. The summed E-state index contributed by atoms with van der Waals surface area (Å²) in [4.78, 5) is 4.31. The van der Waals surface area contributed by atoms with Crippen LogP contribution in [-0.2, 0) is 17.2 Å². The molecule has 0 bridgehead atoms. The number of hydrogen-bond donors (Lipinski definition) is 2. The second-order valence-corrected chi connectivity index (χ2v) is 10.5. The lowest BCUT2D eigenvalue weighted by Crippen LogP contribution is -2.27. The molecule has 2 heterocycles. The van der Waals surface area contributed by atoms with Gasteiger partial charge in [-0.15, -0.1) is 0 Å². The monoisotopic (exact) mass is 519 g/mol. The highest BCUT2D eigenvalue weighted by atomic mass is 32.2. The number of fused-ring (bicyclic) bond motifs is 1. The first-order valence-electron chi connectivity index (χ1n) is 11.0. The molecule has 0 aliphatic carbocycles. The van der Waals surface area contributed by atoms with Crippen molar-refractivity contribution in [3.8, 4) is 11.1 Å². The lowest BCUT2D eigenvalue weighted by atomic mass is 9.83. The van der Waals surface area contributed by atoms with E-state index in [2.05, 4.69) is 15.0 Å². The molecule has 0 spiro atoms. The van der Waals surface area contributed by atoms with Gasteiger partial charge in [0.2, 0.25) is 0 Å². The maximum absolute atomic E-state index is 13.5. The van der Waals surface area contributed by atoms with Gasteiger partial charge in [0, 0.05) is 0 Å². The van der Waals surface area contributed by atoms with Crippen molar-refractivity contribution in [2.24, 2.45) is 0 Å². The Hall–Kier alpha value is -2.82. The number of alkyl halides is 3. The normalized spacial score (nSPS) is 15.9. The Balaban J connectivity index is 1.56. The van der Waals surface area contributed by atoms with Gasteiger partial charge in [-0.3, -0.25) is 4.72 Å². The number of benzene rings is 3. The summed E-state index contributed by atoms with van der Waals surface area (Å²) in [5.74, 6) is 0.0264. The molecule has 1 unspecified atom stereocenters. The van der Waals surface area contributed by atoms with E-state index in [0.29, 0.717) is 10.5 Å². The summed E-state index contributed by atoms with van der Waals surface area (Å²) >= 11 is 0.765. The molecule has 3 aromatic carbocycles. The third kappa shape index (κ3) is 5.10. The van der Waals surface area contributed by atoms with Crippen LogP contribution in [0, 0.1) is 5.13 Å². The average molecular weight is 520 g/mol. The van der Waals surface area contributed by atoms with E-state index in [1.54, 1.807) is 18.2 Å². The van der Waals surface area contributed by atoms with Crippen molar-refractivity contribution >= 4 is 38.2 Å². The number of nitrogens with zero attached hydrogens (tertiary/aromatic N) is 1. The van der Waals surface area contributed by atoms with Crippen LogP contribution in [0.4, 0.5) is 22.7 Å². The van der Waals surface area contributed by atoms with Crippen LogP contribution in [0.1, 0.15) is 29.9 Å². The Morgan fingerprint density at radius 2 is 1.83 bits per heavy atom. The zero-order valence-electron chi connectivity index (χ0n) is 18.4. The molecule has 0 saturated carbocycles. The molecule has 2 N–H and O–H groups in total. The molecule has 1 aliphatic heterocycles. The third-order valence-electron chi connectivity index (χ3n) is 6.17. The molecule has 1 saturated heterocycles. The molecule has 0 radical (unpaired) electrons. The van der Waals surface area contributed by atoms with E-state index in [-0.39, 0.29) is 11.0 Å². The van der Waals surface area contributed by atoms with E-state index in [9.17, 15) is 21.8 Å². The average Bonchev–Trinajstić information content (AvgIpc) is 3.27. The summed E-state index contributed by atoms with van der Waals surface area (Å²) in [6.07, 6.45) is -1.82. The molecule has 5 rings (SSSR count). The summed E-state index contributed by atoms with van der Waals surface area (Å²) in [5, 5.41) is 4.66. The highest BCUT2D eigenvalue weighted by Gasteiger charge is 2.32. The fourth-order valence-electron chi connectivity index (χ4n) is 4.51. The summed E-state index contributed by atoms with van der Waals surface area (Å²) in [5.41, 5.74) is 1.67. The van der Waals surface area contributed by atoms with Gasteiger partial charge in [-0.05, 0) is 83.6 Å². The van der Waals surface area contributed by atoms with Gasteiger partial charge in [0.05, 0.1) is 16.7 Å². The van der Waals surface area contributed by atoms with Crippen molar-refractivity contribution in [3.05, 3.63) is 77.1 Å². The van der Waals surface area contributed by atoms with Gasteiger partial charge in [0.25, 0.3) is 0 Å². The van der Waals surface area contributed by atoms with Gasteiger partial charge >= 0.3 is 6.18 Å². The fourth-order valence-corrected chi connectivity index (χ4v) is 6.05. The van der Waals surface area contributed by atoms with Crippen LogP contribution in [0.15, 0.2) is 65.7 Å². The zero-order chi connectivity index (χ0) is 24.6. The predicted octanol–water partition coefficient (Wildman–Crippen LogP) is 6.72. The highest BCUT2D eigenvalue weighted by Crippen LogP contribution is 2.41. The topological polar surface area (TPSA) is 54.0 Å². The molecule has 10 heteroatoms. The largest absolute Gasteiger partial charge is 0.416 e. The smallest absolute Gasteiger partial charge is 0.317 e. The van der Waals surface area contributed by atoms with E-state index in [0.717, 1.165) is 71.4 Å². The van der Waals surface area contributed by atoms with Gasteiger partial charge in [0.15, 0.2) is 21.2 Å². The van der Waals surface area contributed by atoms with Crippen molar-refractivity contribution in [1.29, 1.82) is 0 Å². The van der Waals surface area contributed by atoms with E-state index in [1.807, 2.05) is 24.3 Å². The summed E-state index contributed by atoms with van der Waals surface area (Å²) in [7, 11) is -1.65. The van der Waals surface area contributed by atoms with Crippen molar-refractivity contribution in [2.75, 3.05) is 17.8 Å². The Labute approximate surface area is 206 Å². The van der Waals surface area contributed by atoms with Crippen molar-refractivity contribution < 1.29 is 21.8 Å². The number of aromatic nitrogens is 1. The van der Waals surface area contributed by atoms with Gasteiger partial charge in [-0.1, -0.05) is 41.7 Å². The molecule has 1 atom stereocenters. The summed E-state index contributed by atoms with van der Waals surface area (Å²) < 4.78 is 69.2. The van der Waals surface area contributed by atoms with E-state index >= 15 is 0 Å². The Bertz CT molecular complexity index is 1400. The molecule has 1 aliphatic rings. The number of halogens is 4. The van der Waals surface area contributed by atoms with E-state index in [4.69, 9.17) is 0 Å². The lowest BCUT2D eigenvalue weighted by molar-refractivity contribution is -0.137. The number of hydrogen-bond acceptors (Lipinski definition) is 4. The van der Waals surface area contributed by atoms with Crippen molar-refractivity contribution in [1.82, 2.24) is 10.3 Å². The van der Waals surface area contributed by atoms with Gasteiger partial charge in [-0.25, -0.2) is 9.19 Å². The van der Waals surface area contributed by atoms with Crippen molar-refractivity contribution in [3.63, 3.8) is 0 Å². The molecule has 182 valence electrons. The Morgan fingerprint density at radius 3 is 2.54 bits per heavy atom. The molecule has 4 aromatic rings. The maximum atomic E-state index is 13.5. The minimum atomic E-state index is -4.41. The second kappa shape index (κ2) is 9.67. The third-order valence-corrected chi connectivity index (χ3v) is 8.06. The zero-order valence-corrected chi connectivity index (χ0v) is 20.0. The quantitative estimate of drug-likeness (QED) is 0.288. The van der Waals surface area contributed by atoms with Gasteiger partial charge in [-0.2, -0.15) is 17.6 Å². The molecule has 1 fully saturated rings. The van der Waals surface area contributed by atoms with Crippen LogP contribution >= 0.6 is 11.3 Å². The van der Waals surface area contributed by atoms with Gasteiger partial charge in [0.1, 0.15) is 0 Å². The van der Waals surface area contributed by atoms with Crippen LogP contribution in [0.2, 0.25) is 0 Å². The molecular weight excluding hydrogens is 498 g/mol. The van der Waals surface area contributed by atoms with Crippen LogP contribution in [0.25, 0.3) is 21.9 Å². The lowest BCUT2D eigenvalue weighted by Gasteiger charge is -2.26. The number of piperidine rings is 1. The molecular formula is C25H21F4N3OS2. The minimum absolute atomic E-state index is 0.0264. The predicted molar refractivity (Wildman–Crippen MR) is 131 cm³/mol. The summed E-state index contributed by atoms with van der Waals surface area (Å²) in [6, 6.07) is 14.9. The number of thiazole rings is 1. The first kappa shape index (κ1) is 23.9. The standard InChI is InChI=1S/C25H21F4N3OS2/c26-23-14-31-24(34-23)32-35(33)18-5-7-19-16(12-18)2-1-3-20(19)21-6-4-17(25(27,28)29)13-22(21)15-8-10-30-11-9-15/h1-7,12-15,30H,8-11H2,(H,31,32). The Kier molecular flexibility index (Phi) is 6.61. The Morgan fingerprint density at radius 1 is 1.03 bits per heavy atom. The van der Waals surface area contributed by atoms with Crippen LogP contribution in [0.5, 0.6) is 0 Å². The van der Waals surface area contributed by atoms with Crippen molar-refractivity contribution in [2.45, 2.75) is 29.8 Å². The first-order valence-corrected chi connectivity index (χ1v) is 13.0. The molecule has 0 amide bonds. The maximum Gasteiger partial charge on any atom is 0.416 e. The fraction of sp³-hybridized carbons (Fsp3) is 0.240. The SMILES string of the molecule is O=S(Nc1ncc(F)s1)c1ccc2c(-c3ccc(C(F)(F)F)cc3C3CCNCC3)cccc2c1. The number of anilines is 1. The van der Waals surface area contributed by atoms with E-state index < -0.39 is 27.9 Å². The number of rotatable bonds is 5. The molecule has 4 nitrogen and oxygen atoms in total. The summed E-state index contributed by atoms with van der Waals surface area (Å²) in [6.45, 7) is 1.53. The first-order chi connectivity index (χ1) is 16.8. The highest BCUT2D eigenvalue weighted by molar-refractivity contribution is 7.86. The van der Waals surface area contributed by atoms with Crippen LogP contribution < -0.4 is 10.0 Å². The second-order valence-electron chi connectivity index (χ2n) is 8.35. The van der Waals surface area contributed by atoms with E-state index in [1.165, 1.54) is 6.07 Å². The molecule has 35 heavy (non-hydrogen) atoms. The van der Waals surface area contributed by atoms with Gasteiger partial charge < -0.3 is 5.32 Å². The van der Waals surface area contributed by atoms with Crippen LogP contribution in [0.3, 0.4) is 0 Å². The minimum Gasteiger partial charge on any atom is -0.317 e. The molecule has 1 aromatic heterocycles. The van der Waals surface area contributed by atoms with Crippen LogP contribution in [-0.4, -0.2) is 22.3 Å².